The van der Waals surface area contributed by atoms with Crippen molar-refractivity contribution in [1.29, 1.82) is 0 Å². The van der Waals surface area contributed by atoms with Crippen molar-refractivity contribution in [2.45, 2.75) is 57.1 Å². The van der Waals surface area contributed by atoms with E-state index >= 15 is 0 Å². The lowest BCUT2D eigenvalue weighted by atomic mass is 9.95. The van der Waals surface area contributed by atoms with Gasteiger partial charge in [-0.3, -0.25) is 28.1 Å². The molecule has 3 unspecified atom stereocenters. The molecule has 1 amide bonds. The van der Waals surface area contributed by atoms with E-state index in [2.05, 4.69) is 19.6 Å². The number of carbonyl (C=O) groups is 3. The second-order valence-corrected chi connectivity index (χ2v) is 15.5. The van der Waals surface area contributed by atoms with Crippen molar-refractivity contribution in [3.05, 3.63) is 18.6 Å². The van der Waals surface area contributed by atoms with Crippen molar-refractivity contribution in [1.82, 2.24) is 14.5 Å². The van der Waals surface area contributed by atoms with Crippen molar-refractivity contribution in [2.24, 2.45) is 0 Å². The van der Waals surface area contributed by atoms with Crippen LogP contribution in [0.2, 0.25) is 0 Å². The van der Waals surface area contributed by atoms with Gasteiger partial charge >= 0.3 is 32.5 Å². The number of anilines is 1. The second-order valence-electron chi connectivity index (χ2n) is 9.42. The average molecular weight is 676 g/mol. The van der Waals surface area contributed by atoms with Gasteiger partial charge < -0.3 is 43.3 Å². The molecule has 0 bridgehead atoms. The zero-order chi connectivity index (χ0) is 32.8. The molecule has 2 aromatic rings. The lowest BCUT2D eigenvalue weighted by Gasteiger charge is -2.34. The highest BCUT2D eigenvalue weighted by atomic mass is 31.3. The monoisotopic (exact) mass is 676 g/mol. The molecule has 3 heterocycles. The summed E-state index contributed by atoms with van der Waals surface area (Å²) in [4.78, 5) is 71.0. The molecular weight excluding hydrogens is 650 g/mol. The van der Waals surface area contributed by atoms with Crippen molar-refractivity contribution in [2.75, 3.05) is 11.9 Å². The van der Waals surface area contributed by atoms with Gasteiger partial charge in [0.15, 0.2) is 17.9 Å². The van der Waals surface area contributed by atoms with Gasteiger partial charge in [0.2, 0.25) is 5.91 Å². The van der Waals surface area contributed by atoms with Crippen molar-refractivity contribution < 1.29 is 74.6 Å². The number of alkyl halides is 2. The first kappa shape index (κ1) is 34.9. The molecular formula is C19H26BF2N4O14P3. The third kappa shape index (κ3) is 7.22. The SMILES string of the molecule is BP(=O)(OC[C@H]1O[C@@H](n2ccc3c(NC(C)=O)ncnc32)[C@](C)(OC(C)=O)C1OC(C)=O)OP(=O)(O)C(F)(F)P(=O)(O)O. The van der Waals surface area contributed by atoms with Crippen LogP contribution in [-0.4, -0.2) is 84.4 Å². The van der Waals surface area contributed by atoms with E-state index in [1.54, 1.807) is 0 Å². The first-order valence-corrected chi connectivity index (χ1v) is 17.0. The molecule has 0 aliphatic carbocycles. The zero-order valence-corrected chi connectivity index (χ0v) is 25.6. The van der Waals surface area contributed by atoms with Gasteiger partial charge in [0.25, 0.3) is 15.0 Å². The van der Waals surface area contributed by atoms with Gasteiger partial charge in [0.05, 0.1) is 12.0 Å². The van der Waals surface area contributed by atoms with Gasteiger partial charge in [-0.1, -0.05) is 0 Å². The number of esters is 2. The van der Waals surface area contributed by atoms with E-state index in [0.717, 1.165) is 20.2 Å². The summed E-state index contributed by atoms with van der Waals surface area (Å²) >= 11 is 0. The number of hydrogen-bond acceptors (Lipinski definition) is 13. The predicted octanol–water partition coefficient (Wildman–Crippen LogP) is 1.23. The molecule has 1 saturated heterocycles. The molecule has 1 aliphatic rings. The number of fused-ring (bicyclic) bond motifs is 1. The number of rotatable bonds is 11. The Kier molecular flexibility index (Phi) is 9.79. The summed E-state index contributed by atoms with van der Waals surface area (Å²) in [6.07, 6.45) is -1.98. The lowest BCUT2D eigenvalue weighted by Crippen LogP contribution is -2.50. The van der Waals surface area contributed by atoms with Crippen LogP contribution in [0.1, 0.15) is 33.9 Å². The van der Waals surface area contributed by atoms with Crippen LogP contribution < -0.4 is 5.32 Å². The topological polar surface area (TPSA) is 252 Å². The van der Waals surface area contributed by atoms with Gasteiger partial charge in [0, 0.05) is 27.0 Å². The van der Waals surface area contributed by atoms with E-state index in [0.29, 0.717) is 13.0 Å². The maximum atomic E-state index is 13.9. The third-order valence-corrected chi connectivity index (χ3v) is 11.4. The fourth-order valence-corrected chi connectivity index (χ4v) is 8.47. The molecule has 0 spiro atoms. The Morgan fingerprint density at radius 2 is 1.79 bits per heavy atom. The minimum atomic E-state index is -6.60. The minimum absolute atomic E-state index is 0.115. The number of hydrogen-bond donors (Lipinski definition) is 4. The van der Waals surface area contributed by atoms with Crippen LogP contribution >= 0.6 is 22.7 Å². The first-order valence-electron chi connectivity index (χ1n) is 11.8. The highest BCUT2D eigenvalue weighted by Gasteiger charge is 2.66. The van der Waals surface area contributed by atoms with E-state index in [-0.39, 0.29) is 11.5 Å². The smallest absolute Gasteiger partial charge is 0.444 e. The Hall–Kier alpha value is -2.60. The normalized spacial score (nSPS) is 25.5. The molecule has 0 radical (unpaired) electrons. The zero-order valence-electron chi connectivity index (χ0n) is 22.9. The van der Waals surface area contributed by atoms with Gasteiger partial charge in [-0.05, 0) is 13.0 Å². The Bertz CT molecular complexity index is 1590. The number of carbonyl (C=O) groups excluding carboxylic acids is 3. The van der Waals surface area contributed by atoms with Crippen molar-refractivity contribution in [3.63, 3.8) is 0 Å². The highest BCUT2D eigenvalue weighted by molar-refractivity contribution is 7.86. The predicted molar refractivity (Wildman–Crippen MR) is 141 cm³/mol. The quantitative estimate of drug-likeness (QED) is 0.148. The Balaban J connectivity index is 2.01. The number of halogens is 2. The summed E-state index contributed by atoms with van der Waals surface area (Å²) < 4.78 is 90.7. The van der Waals surface area contributed by atoms with Crippen LogP contribution in [0.15, 0.2) is 18.6 Å². The van der Waals surface area contributed by atoms with Crippen LogP contribution in [0.25, 0.3) is 11.0 Å². The van der Waals surface area contributed by atoms with Gasteiger partial charge in [-0.2, -0.15) is 8.78 Å². The molecule has 43 heavy (non-hydrogen) atoms. The summed E-state index contributed by atoms with van der Waals surface area (Å²) in [5.41, 5.74) is -1.76. The maximum absolute atomic E-state index is 13.9. The fraction of sp³-hybridized carbons (Fsp3) is 0.526. The summed E-state index contributed by atoms with van der Waals surface area (Å²) in [5, 5.41) is -2.81. The number of amides is 1. The molecule has 238 valence electrons. The van der Waals surface area contributed by atoms with Crippen LogP contribution in [0.3, 0.4) is 0 Å². The minimum Gasteiger partial charge on any atom is -0.455 e. The van der Waals surface area contributed by atoms with Crippen molar-refractivity contribution >= 4 is 64.9 Å². The molecule has 1 aliphatic heterocycles. The summed E-state index contributed by atoms with van der Waals surface area (Å²) in [5.74, 6) is -2.11. The van der Waals surface area contributed by atoms with E-state index in [4.69, 9.17) is 28.5 Å². The van der Waals surface area contributed by atoms with E-state index in [1.165, 1.54) is 30.7 Å². The molecule has 4 N–H and O–H groups in total. The van der Waals surface area contributed by atoms with Gasteiger partial charge in [-0.15, -0.1) is 0 Å². The maximum Gasteiger partial charge on any atom is 0.444 e. The lowest BCUT2D eigenvalue weighted by molar-refractivity contribution is -0.184. The van der Waals surface area contributed by atoms with Crippen LogP contribution in [0.5, 0.6) is 0 Å². The molecule has 18 nitrogen and oxygen atoms in total. The van der Waals surface area contributed by atoms with E-state index in [9.17, 15) is 41.8 Å². The van der Waals surface area contributed by atoms with Crippen molar-refractivity contribution in [3.8, 4) is 0 Å². The molecule has 0 aromatic carbocycles. The number of nitrogens with one attached hydrogen (secondary N) is 1. The Labute approximate surface area is 242 Å². The largest absolute Gasteiger partial charge is 0.455 e. The summed E-state index contributed by atoms with van der Waals surface area (Å²) in [6, 6.07) is 1.48. The first-order chi connectivity index (χ1) is 19.5. The van der Waals surface area contributed by atoms with Crippen LogP contribution in [0, 0.1) is 0 Å². The number of aromatic nitrogens is 3. The molecule has 24 heteroatoms. The summed E-state index contributed by atoms with van der Waals surface area (Å²) in [7, 11) is -17.7. The highest BCUT2D eigenvalue weighted by Crippen LogP contribution is 2.77. The molecule has 0 saturated carbocycles. The standard InChI is InChI=1S/C19H26BF2N4O14P3/c1-9(27)25-15-12-5-6-26(16(12)24-8-23-15)17-18(4,39-11(3)29)14(37-10(2)28)13(38-17)7-36-43(20,35)40-42(33,34)19(21,22)41(30,31)32/h5-6,8,13-14,17H,7,20H2,1-4H3,(H,33,34)(H2,30,31,32)(H,23,24,25,27)/t13-,14?,17-,18-,43?/m1/s1. The second kappa shape index (κ2) is 12.1. The fourth-order valence-electron chi connectivity index (χ4n) is 4.21. The molecule has 3 rings (SSSR count). The van der Waals surface area contributed by atoms with Gasteiger partial charge in [-0.25, -0.2) is 14.3 Å². The van der Waals surface area contributed by atoms with E-state index < -0.39 is 76.6 Å². The Morgan fingerprint density at radius 1 is 1.16 bits per heavy atom. The van der Waals surface area contributed by atoms with Gasteiger partial charge in [0.1, 0.15) is 23.9 Å². The number of nitrogens with zero attached hydrogens (tertiary/aromatic N) is 3. The molecule has 1 fully saturated rings. The number of ether oxygens (including phenoxy) is 3. The van der Waals surface area contributed by atoms with Crippen LogP contribution in [0.4, 0.5) is 14.6 Å². The summed E-state index contributed by atoms with van der Waals surface area (Å²) in [6.45, 7) is 3.61. The van der Waals surface area contributed by atoms with Crippen LogP contribution in [-0.2, 0) is 51.1 Å². The molecule has 2 aromatic heterocycles. The third-order valence-electron chi connectivity index (χ3n) is 5.83. The van der Waals surface area contributed by atoms with E-state index in [1.807, 2.05) is 0 Å². The molecule has 6 atom stereocenters. The Morgan fingerprint density at radius 3 is 2.33 bits per heavy atom. The average Bonchev–Trinajstić information content (AvgIpc) is 3.35.